The second-order valence-electron chi connectivity index (χ2n) is 10.6. The van der Waals surface area contributed by atoms with Crippen molar-refractivity contribution < 1.29 is 33.8 Å². The van der Waals surface area contributed by atoms with Gasteiger partial charge in [0.15, 0.2) is 0 Å². The highest BCUT2D eigenvalue weighted by Crippen LogP contribution is 2.45. The Morgan fingerprint density at radius 1 is 1.21 bits per heavy atom. The van der Waals surface area contributed by atoms with E-state index >= 15 is 0 Å². The number of esters is 1. The van der Waals surface area contributed by atoms with E-state index in [4.69, 9.17) is 9.47 Å². The van der Waals surface area contributed by atoms with Crippen molar-refractivity contribution in [2.75, 3.05) is 13.7 Å². The molecule has 1 heterocycles. The van der Waals surface area contributed by atoms with E-state index in [9.17, 15) is 24.3 Å². The third-order valence-electron chi connectivity index (χ3n) is 7.01. The van der Waals surface area contributed by atoms with Crippen molar-refractivity contribution in [3.05, 3.63) is 12.7 Å². The van der Waals surface area contributed by atoms with Gasteiger partial charge in [0.05, 0.1) is 13.2 Å². The third-order valence-corrected chi connectivity index (χ3v) is 7.01. The number of aliphatic hydroxyl groups is 1. The number of methoxy groups -OCH3 is 1. The van der Waals surface area contributed by atoms with Gasteiger partial charge in [-0.05, 0) is 37.5 Å². The maximum atomic E-state index is 13.6. The molecule has 3 rings (SSSR count). The summed E-state index contributed by atoms with van der Waals surface area (Å²) in [6, 6.07) is -1.97. The molecule has 0 radical (unpaired) electrons. The van der Waals surface area contributed by atoms with Crippen molar-refractivity contribution in [2.24, 2.45) is 11.3 Å². The fourth-order valence-electron chi connectivity index (χ4n) is 4.92. The van der Waals surface area contributed by atoms with Crippen LogP contribution in [0.15, 0.2) is 12.7 Å². The summed E-state index contributed by atoms with van der Waals surface area (Å²) in [7, 11) is 1.24. The lowest BCUT2D eigenvalue weighted by molar-refractivity contribution is -0.148. The lowest BCUT2D eigenvalue weighted by Gasteiger charge is -2.35. The van der Waals surface area contributed by atoms with Crippen LogP contribution < -0.4 is 10.6 Å². The molecule has 0 bridgehead atoms. The number of hydrogen-bond donors (Lipinski definition) is 3. The van der Waals surface area contributed by atoms with Crippen LogP contribution in [-0.2, 0) is 23.9 Å². The van der Waals surface area contributed by atoms with E-state index in [1.165, 1.54) is 12.0 Å². The molecule has 0 aromatic rings. The molecule has 2 saturated carbocycles. The maximum Gasteiger partial charge on any atom is 0.408 e. The van der Waals surface area contributed by atoms with Gasteiger partial charge in [0, 0.05) is 18.9 Å². The topological polar surface area (TPSA) is 134 Å². The molecule has 1 unspecified atom stereocenters. The summed E-state index contributed by atoms with van der Waals surface area (Å²) in [5, 5.41) is 15.7. The Balaban J connectivity index is 1.74. The molecule has 2 aliphatic carbocycles. The summed E-state index contributed by atoms with van der Waals surface area (Å²) in [5.41, 5.74) is -1.89. The van der Waals surface area contributed by atoms with E-state index in [1.807, 2.05) is 0 Å². The average Bonchev–Trinajstić information content (AvgIpc) is 3.07. The zero-order valence-corrected chi connectivity index (χ0v) is 20.5. The number of carbonyl (C=O) groups is 4. The summed E-state index contributed by atoms with van der Waals surface area (Å²) in [6.45, 7) is 9.05. The van der Waals surface area contributed by atoms with E-state index in [0.717, 1.165) is 25.7 Å². The number of carbonyl (C=O) groups excluding carboxylic acids is 4. The first kappa shape index (κ1) is 26.0. The fourth-order valence-corrected chi connectivity index (χ4v) is 4.92. The number of alkyl carbamates (subject to hydrolysis) is 1. The quantitative estimate of drug-likeness (QED) is 0.370. The predicted molar refractivity (Wildman–Crippen MR) is 122 cm³/mol. The average molecular weight is 480 g/mol. The SMILES string of the molecule is C=C[C@@H]1C[C@]1(NC(=O)[C@@H]1CC(O)CN1C(=O)[C@@H](NC(=O)OC1CCCC1)C(C)(C)C)C(=O)OC. The van der Waals surface area contributed by atoms with Crippen molar-refractivity contribution >= 4 is 23.9 Å². The van der Waals surface area contributed by atoms with Crippen LogP contribution in [0.3, 0.4) is 0 Å². The highest BCUT2D eigenvalue weighted by molar-refractivity contribution is 5.96. The van der Waals surface area contributed by atoms with Gasteiger partial charge in [-0.25, -0.2) is 9.59 Å². The molecular weight excluding hydrogens is 442 g/mol. The highest BCUT2D eigenvalue weighted by Gasteiger charge is 2.62. The van der Waals surface area contributed by atoms with E-state index in [-0.39, 0.29) is 25.0 Å². The van der Waals surface area contributed by atoms with Gasteiger partial charge >= 0.3 is 12.1 Å². The van der Waals surface area contributed by atoms with E-state index in [2.05, 4.69) is 17.2 Å². The van der Waals surface area contributed by atoms with E-state index in [1.54, 1.807) is 26.8 Å². The number of likely N-dealkylation sites (tertiary alicyclic amines) is 1. The molecule has 1 saturated heterocycles. The van der Waals surface area contributed by atoms with Gasteiger partial charge in [0.25, 0.3) is 0 Å². The standard InChI is InChI=1S/C24H37N3O7/c1-6-14-12-24(14,21(31)33-5)26-19(29)17-11-15(28)13-27(17)20(30)18(23(2,3)4)25-22(32)34-16-9-7-8-10-16/h6,14-18,28H,1,7-13H2,2-5H3,(H,25,32)(H,26,29)/t14-,15?,17+,18-,24-/m1/s1. The summed E-state index contributed by atoms with van der Waals surface area (Å²) in [6.07, 6.45) is 3.84. The van der Waals surface area contributed by atoms with Crippen LogP contribution in [0.2, 0.25) is 0 Å². The predicted octanol–water partition coefficient (Wildman–Crippen LogP) is 1.27. The van der Waals surface area contributed by atoms with Crippen LogP contribution in [0.5, 0.6) is 0 Å². The number of aliphatic hydroxyl groups excluding tert-OH is 1. The number of amides is 3. The minimum atomic E-state index is -1.21. The van der Waals surface area contributed by atoms with Crippen LogP contribution in [0.4, 0.5) is 4.79 Å². The molecule has 1 aliphatic heterocycles. The molecule has 10 nitrogen and oxygen atoms in total. The molecule has 3 aliphatic rings. The number of ether oxygens (including phenoxy) is 2. The second kappa shape index (κ2) is 9.93. The Hall–Kier alpha value is -2.62. The lowest BCUT2D eigenvalue weighted by atomic mass is 9.85. The molecule has 0 aromatic heterocycles. The summed E-state index contributed by atoms with van der Waals surface area (Å²) in [5.74, 6) is -1.89. The van der Waals surface area contributed by atoms with Crippen molar-refractivity contribution in [2.45, 2.75) is 89.1 Å². The highest BCUT2D eigenvalue weighted by atomic mass is 16.6. The van der Waals surface area contributed by atoms with Gasteiger partial charge < -0.3 is 30.1 Å². The molecule has 3 N–H and O–H groups in total. The fraction of sp³-hybridized carbons (Fsp3) is 0.750. The van der Waals surface area contributed by atoms with Crippen molar-refractivity contribution in [3.8, 4) is 0 Å². The summed E-state index contributed by atoms with van der Waals surface area (Å²) in [4.78, 5) is 52.9. The molecule has 3 fully saturated rings. The van der Waals surface area contributed by atoms with Gasteiger partial charge in [0.1, 0.15) is 23.7 Å². The minimum absolute atomic E-state index is 0.0248. The monoisotopic (exact) mass is 479 g/mol. The minimum Gasteiger partial charge on any atom is -0.467 e. The largest absolute Gasteiger partial charge is 0.467 e. The van der Waals surface area contributed by atoms with Crippen molar-refractivity contribution in [1.29, 1.82) is 0 Å². The van der Waals surface area contributed by atoms with Crippen molar-refractivity contribution in [3.63, 3.8) is 0 Å². The third kappa shape index (κ3) is 5.37. The second-order valence-corrected chi connectivity index (χ2v) is 10.6. The number of rotatable bonds is 7. The van der Waals surface area contributed by atoms with Crippen LogP contribution in [0, 0.1) is 11.3 Å². The smallest absolute Gasteiger partial charge is 0.408 e. The number of β-amino-alcohol motifs (C(OH)–C–C–N with tert-alkyl or cyclic N) is 1. The Morgan fingerprint density at radius 3 is 2.38 bits per heavy atom. The van der Waals surface area contributed by atoms with E-state index < -0.39 is 53.0 Å². The molecular formula is C24H37N3O7. The summed E-state index contributed by atoms with van der Waals surface area (Å²) < 4.78 is 10.3. The Bertz CT molecular complexity index is 833. The van der Waals surface area contributed by atoms with Crippen LogP contribution >= 0.6 is 0 Å². The van der Waals surface area contributed by atoms with E-state index in [0.29, 0.717) is 6.42 Å². The first-order chi connectivity index (χ1) is 15.9. The molecule has 34 heavy (non-hydrogen) atoms. The van der Waals surface area contributed by atoms with Gasteiger partial charge in [-0.3, -0.25) is 9.59 Å². The molecule has 3 amide bonds. The Morgan fingerprint density at radius 2 is 1.85 bits per heavy atom. The Kier molecular flexibility index (Phi) is 7.59. The normalized spacial score (nSPS) is 29.8. The number of nitrogens with zero attached hydrogens (tertiary/aromatic N) is 1. The maximum absolute atomic E-state index is 13.6. The first-order valence-electron chi connectivity index (χ1n) is 11.9. The van der Waals surface area contributed by atoms with Crippen LogP contribution in [0.25, 0.3) is 0 Å². The molecule has 5 atom stereocenters. The van der Waals surface area contributed by atoms with Gasteiger partial charge in [-0.2, -0.15) is 0 Å². The molecule has 0 spiro atoms. The number of hydrogen-bond acceptors (Lipinski definition) is 7. The molecule has 190 valence electrons. The lowest BCUT2D eigenvalue weighted by Crippen LogP contribution is -2.59. The molecule has 0 aromatic carbocycles. The summed E-state index contributed by atoms with van der Waals surface area (Å²) >= 11 is 0. The zero-order chi connectivity index (χ0) is 25.3. The van der Waals surface area contributed by atoms with Gasteiger partial charge in [-0.1, -0.05) is 26.8 Å². The van der Waals surface area contributed by atoms with Crippen LogP contribution in [-0.4, -0.2) is 77.4 Å². The van der Waals surface area contributed by atoms with Gasteiger partial charge in [-0.15, -0.1) is 6.58 Å². The Labute approximate surface area is 200 Å². The first-order valence-corrected chi connectivity index (χ1v) is 11.9. The van der Waals surface area contributed by atoms with Crippen molar-refractivity contribution in [1.82, 2.24) is 15.5 Å². The number of nitrogens with one attached hydrogen (secondary N) is 2. The van der Waals surface area contributed by atoms with Gasteiger partial charge in [0.2, 0.25) is 11.8 Å². The zero-order valence-electron chi connectivity index (χ0n) is 20.5. The molecule has 10 heteroatoms. The van der Waals surface area contributed by atoms with Crippen LogP contribution in [0.1, 0.15) is 59.3 Å².